The van der Waals surface area contributed by atoms with Crippen LogP contribution < -0.4 is 0 Å². The fraction of sp³-hybridized carbons (Fsp3) is 0.750. The van der Waals surface area contributed by atoms with Gasteiger partial charge in [0.1, 0.15) is 0 Å². The molecule has 1 N–H and O–H groups in total. The summed E-state index contributed by atoms with van der Waals surface area (Å²) in [4.78, 5) is 5.03. The third kappa shape index (κ3) is 2.83. The Morgan fingerprint density at radius 1 is 1.25 bits per heavy atom. The Balaban J connectivity index is 1.82. The first kappa shape index (κ1) is 11.6. The predicted molar refractivity (Wildman–Crippen MR) is 65.2 cm³/mol. The van der Waals surface area contributed by atoms with Gasteiger partial charge in [-0.1, -0.05) is 0 Å². The zero-order valence-corrected chi connectivity index (χ0v) is 10.5. The predicted octanol–water partition coefficient (Wildman–Crippen LogP) is 1.33. The summed E-state index contributed by atoms with van der Waals surface area (Å²) in [6.45, 7) is 12.5. The minimum atomic E-state index is 0.306. The highest BCUT2D eigenvalue weighted by Crippen LogP contribution is 2.16. The lowest BCUT2D eigenvalue weighted by Crippen LogP contribution is -2.53. The molecule has 1 fully saturated rings. The van der Waals surface area contributed by atoms with Crippen molar-refractivity contribution in [2.75, 3.05) is 26.2 Å². The average Bonchev–Trinajstić information content (AvgIpc) is 2.70. The summed E-state index contributed by atoms with van der Waals surface area (Å²) in [5, 5.41) is 7.00. The van der Waals surface area contributed by atoms with E-state index in [2.05, 4.69) is 46.8 Å². The van der Waals surface area contributed by atoms with Gasteiger partial charge in [-0.3, -0.25) is 14.9 Å². The summed E-state index contributed by atoms with van der Waals surface area (Å²) in [7, 11) is 0. The van der Waals surface area contributed by atoms with Gasteiger partial charge in [-0.25, -0.2) is 0 Å². The SMILES string of the molecule is CC(C)(C)N1CCN(Cc2ccn[nH]2)CC1. The molecule has 0 amide bonds. The molecule has 1 saturated heterocycles. The van der Waals surface area contributed by atoms with Crippen LogP contribution in [0.2, 0.25) is 0 Å². The Labute approximate surface area is 97.6 Å². The van der Waals surface area contributed by atoms with E-state index in [0.717, 1.165) is 32.7 Å². The summed E-state index contributed by atoms with van der Waals surface area (Å²) < 4.78 is 0. The first-order chi connectivity index (χ1) is 7.55. The first-order valence-electron chi connectivity index (χ1n) is 6.01. The smallest absolute Gasteiger partial charge is 0.0492 e. The van der Waals surface area contributed by atoms with Crippen molar-refractivity contribution >= 4 is 0 Å². The van der Waals surface area contributed by atoms with Gasteiger partial charge in [0.2, 0.25) is 0 Å². The van der Waals surface area contributed by atoms with E-state index in [1.807, 2.05) is 6.20 Å². The van der Waals surface area contributed by atoms with Gasteiger partial charge in [0.15, 0.2) is 0 Å². The minimum absolute atomic E-state index is 0.306. The highest BCUT2D eigenvalue weighted by molar-refractivity contribution is 4.97. The third-order valence-corrected chi connectivity index (χ3v) is 3.27. The quantitative estimate of drug-likeness (QED) is 0.820. The fourth-order valence-electron chi connectivity index (χ4n) is 2.19. The summed E-state index contributed by atoms with van der Waals surface area (Å²) in [6.07, 6.45) is 1.82. The second-order valence-electron chi connectivity index (χ2n) is 5.52. The van der Waals surface area contributed by atoms with Crippen molar-refractivity contribution < 1.29 is 0 Å². The lowest BCUT2D eigenvalue weighted by atomic mass is 10.0. The summed E-state index contributed by atoms with van der Waals surface area (Å²) in [5.41, 5.74) is 1.52. The molecular weight excluding hydrogens is 200 g/mol. The van der Waals surface area contributed by atoms with Gasteiger partial charge in [0, 0.05) is 50.2 Å². The molecule has 4 nitrogen and oxygen atoms in total. The van der Waals surface area contributed by atoms with Crippen LogP contribution in [0.4, 0.5) is 0 Å². The van der Waals surface area contributed by atoms with Gasteiger partial charge in [0.25, 0.3) is 0 Å². The number of hydrogen-bond donors (Lipinski definition) is 1. The van der Waals surface area contributed by atoms with Crippen molar-refractivity contribution in [1.82, 2.24) is 20.0 Å². The number of aromatic nitrogens is 2. The van der Waals surface area contributed by atoms with Gasteiger partial charge in [-0.2, -0.15) is 5.10 Å². The summed E-state index contributed by atoms with van der Waals surface area (Å²) >= 11 is 0. The van der Waals surface area contributed by atoms with Gasteiger partial charge in [-0.05, 0) is 26.8 Å². The van der Waals surface area contributed by atoms with Gasteiger partial charge >= 0.3 is 0 Å². The van der Waals surface area contributed by atoms with E-state index in [1.165, 1.54) is 5.69 Å². The lowest BCUT2D eigenvalue weighted by Gasteiger charge is -2.42. The van der Waals surface area contributed by atoms with Gasteiger partial charge in [-0.15, -0.1) is 0 Å². The molecule has 0 spiro atoms. The van der Waals surface area contributed by atoms with Crippen LogP contribution in [0.25, 0.3) is 0 Å². The van der Waals surface area contributed by atoms with Gasteiger partial charge < -0.3 is 0 Å². The van der Waals surface area contributed by atoms with Crippen LogP contribution in [0.3, 0.4) is 0 Å². The highest BCUT2D eigenvalue weighted by atomic mass is 15.3. The second-order valence-corrected chi connectivity index (χ2v) is 5.52. The Morgan fingerprint density at radius 3 is 2.44 bits per heavy atom. The molecule has 16 heavy (non-hydrogen) atoms. The highest BCUT2D eigenvalue weighted by Gasteiger charge is 2.25. The summed E-state index contributed by atoms with van der Waals surface area (Å²) in [6, 6.07) is 2.05. The summed E-state index contributed by atoms with van der Waals surface area (Å²) in [5.74, 6) is 0. The number of nitrogens with zero attached hydrogens (tertiary/aromatic N) is 3. The van der Waals surface area contributed by atoms with E-state index >= 15 is 0 Å². The van der Waals surface area contributed by atoms with Gasteiger partial charge in [0.05, 0.1) is 0 Å². The molecule has 0 radical (unpaired) electrons. The van der Waals surface area contributed by atoms with Crippen LogP contribution in [-0.4, -0.2) is 51.7 Å². The molecule has 1 aromatic rings. The van der Waals surface area contributed by atoms with Crippen LogP contribution in [-0.2, 0) is 6.54 Å². The zero-order chi connectivity index (χ0) is 11.6. The lowest BCUT2D eigenvalue weighted by molar-refractivity contribution is 0.0586. The molecule has 0 bridgehead atoms. The number of piperazine rings is 1. The monoisotopic (exact) mass is 222 g/mol. The molecule has 1 aromatic heterocycles. The molecule has 0 aliphatic carbocycles. The maximum atomic E-state index is 3.98. The molecule has 0 unspecified atom stereocenters. The van der Waals surface area contributed by atoms with Crippen LogP contribution in [0.5, 0.6) is 0 Å². The van der Waals surface area contributed by atoms with E-state index < -0.39 is 0 Å². The Morgan fingerprint density at radius 2 is 1.94 bits per heavy atom. The van der Waals surface area contributed by atoms with Crippen molar-refractivity contribution in [1.29, 1.82) is 0 Å². The van der Waals surface area contributed by atoms with Crippen molar-refractivity contribution in [3.8, 4) is 0 Å². The molecule has 1 aliphatic heterocycles. The van der Waals surface area contributed by atoms with Crippen molar-refractivity contribution in [2.45, 2.75) is 32.9 Å². The van der Waals surface area contributed by atoms with E-state index in [-0.39, 0.29) is 0 Å². The van der Waals surface area contributed by atoms with Crippen molar-refractivity contribution in [2.24, 2.45) is 0 Å². The number of hydrogen-bond acceptors (Lipinski definition) is 3. The Bertz CT molecular complexity index is 304. The standard InChI is InChI=1S/C12H22N4/c1-12(2,3)16-8-6-15(7-9-16)10-11-4-5-13-14-11/h4-5H,6-10H2,1-3H3,(H,13,14). The number of rotatable bonds is 2. The van der Waals surface area contributed by atoms with E-state index in [9.17, 15) is 0 Å². The van der Waals surface area contributed by atoms with Crippen LogP contribution >= 0.6 is 0 Å². The molecule has 2 heterocycles. The third-order valence-electron chi connectivity index (χ3n) is 3.27. The molecule has 90 valence electrons. The number of nitrogens with one attached hydrogen (secondary N) is 1. The normalized spacial score (nSPS) is 20.2. The number of H-pyrrole nitrogens is 1. The second kappa shape index (κ2) is 4.55. The molecular formula is C12H22N4. The minimum Gasteiger partial charge on any atom is -0.296 e. The molecule has 2 rings (SSSR count). The largest absolute Gasteiger partial charge is 0.296 e. The van der Waals surface area contributed by atoms with Crippen LogP contribution in [0.1, 0.15) is 26.5 Å². The van der Waals surface area contributed by atoms with E-state index in [1.54, 1.807) is 0 Å². The molecule has 1 aliphatic rings. The maximum absolute atomic E-state index is 3.98. The topological polar surface area (TPSA) is 35.2 Å². The van der Waals surface area contributed by atoms with Crippen molar-refractivity contribution in [3.63, 3.8) is 0 Å². The maximum Gasteiger partial charge on any atom is 0.0492 e. The fourth-order valence-corrected chi connectivity index (χ4v) is 2.19. The average molecular weight is 222 g/mol. The Hall–Kier alpha value is -0.870. The van der Waals surface area contributed by atoms with E-state index in [4.69, 9.17) is 0 Å². The van der Waals surface area contributed by atoms with E-state index in [0.29, 0.717) is 5.54 Å². The first-order valence-corrected chi connectivity index (χ1v) is 6.01. The van der Waals surface area contributed by atoms with Crippen LogP contribution in [0.15, 0.2) is 12.3 Å². The molecule has 0 atom stereocenters. The number of aromatic amines is 1. The molecule has 0 aromatic carbocycles. The molecule has 4 heteroatoms. The van der Waals surface area contributed by atoms with Crippen molar-refractivity contribution in [3.05, 3.63) is 18.0 Å². The van der Waals surface area contributed by atoms with Crippen LogP contribution in [0, 0.1) is 0 Å². The Kier molecular flexibility index (Phi) is 3.30. The molecule has 0 saturated carbocycles. The zero-order valence-electron chi connectivity index (χ0n) is 10.5.